The van der Waals surface area contributed by atoms with Gasteiger partial charge in [0, 0.05) is 57.6 Å². The molecule has 93 heavy (non-hydrogen) atoms. The summed E-state index contributed by atoms with van der Waals surface area (Å²) in [5, 5.41) is 30.9. The Balaban J connectivity index is 0.000000177. The largest absolute Gasteiger partial charge is 0.506 e. The number of esters is 2. The summed E-state index contributed by atoms with van der Waals surface area (Å²) in [6.45, 7) is 12.4. The highest BCUT2D eigenvalue weighted by Crippen LogP contribution is 2.31. The van der Waals surface area contributed by atoms with Gasteiger partial charge in [0.1, 0.15) is 39.2 Å². The van der Waals surface area contributed by atoms with Gasteiger partial charge in [0.2, 0.25) is 0 Å². The second-order valence-corrected chi connectivity index (χ2v) is 22.4. The van der Waals surface area contributed by atoms with Gasteiger partial charge >= 0.3 is 11.9 Å². The molecule has 10 rings (SSSR count). The molecule has 0 atom stereocenters. The summed E-state index contributed by atoms with van der Waals surface area (Å²) in [7, 11) is 0. The van der Waals surface area contributed by atoms with E-state index >= 15 is 0 Å². The number of anilines is 1. The van der Waals surface area contributed by atoms with E-state index in [-0.39, 0.29) is 58.7 Å². The van der Waals surface area contributed by atoms with Gasteiger partial charge in [-0.15, -0.1) is 11.3 Å². The number of para-hydroxylation sites is 2. The van der Waals surface area contributed by atoms with Crippen molar-refractivity contribution in [3.8, 4) is 17.2 Å². The van der Waals surface area contributed by atoms with Crippen molar-refractivity contribution in [3.63, 3.8) is 0 Å². The first-order valence-corrected chi connectivity index (χ1v) is 31.1. The molecule has 0 aliphatic carbocycles. The number of carbonyl (C=O) groups is 6. The van der Waals surface area contributed by atoms with Gasteiger partial charge in [-0.05, 0) is 131 Å². The van der Waals surface area contributed by atoms with E-state index < -0.39 is 40.7 Å². The number of halogens is 2. The molecule has 4 heterocycles. The molecule has 0 aliphatic heterocycles. The Bertz CT molecular complexity index is 4420. The number of ether oxygens (including phenoxy) is 2. The lowest BCUT2D eigenvalue weighted by Gasteiger charge is -2.14. The highest BCUT2D eigenvalue weighted by Gasteiger charge is 2.25. The SMILES string of the molecule is CC(=O)c1cc(Cl)ccc1OC(=O)c1ccc(C)cc1.CCCCn1c(=O)c(C(=O)NCc2ccccn2)c(O)c2ccccc21.CCCn1c(=O)c(C(=O)NCc2ccccc2F)c(O)c2ccccc21.CCOC(=O)c1cc(CC)sc1NC(=O)c1ccccc1. The van der Waals surface area contributed by atoms with Crippen LogP contribution in [0.25, 0.3) is 21.8 Å². The molecule has 3 amide bonds. The Morgan fingerprint density at radius 3 is 1.76 bits per heavy atom. The van der Waals surface area contributed by atoms with E-state index in [0.717, 1.165) is 29.7 Å². The number of aryl methyl sites for hydroxylation is 4. The number of rotatable bonds is 19. The number of hydrogen-bond donors (Lipinski definition) is 5. The summed E-state index contributed by atoms with van der Waals surface area (Å²) >= 11 is 7.24. The van der Waals surface area contributed by atoms with Crippen LogP contribution in [0, 0.1) is 12.7 Å². The number of nitrogens with zero attached hydrogens (tertiary/aromatic N) is 3. The third kappa shape index (κ3) is 18.3. The number of Topliss-reactive ketones (excluding diaryl/α,β-unsaturated/α-hetero) is 1. The standard InChI is InChI=1S/C20H19FN2O3.C20H21N3O3.C16H13ClO3.C16H17NO3S/c1-2-11-23-16-10-6-4-8-14(16)18(24)17(20(23)26)19(25)22-12-13-7-3-5-9-15(13)21;1-2-3-12-23-16-10-5-4-9-15(16)18(24)17(20(23)26)19(25)22-13-14-8-6-7-11-21-14;1-10-3-5-12(6-4-10)16(19)20-15-8-7-13(17)9-14(15)11(2)18;1-3-12-10-13(16(19)20-4-2)15(21-12)17-14(18)11-8-6-5-7-9-11/h3-10,24H,2,11-12H2,1H3,(H,22,25);4-11,24H,2-3,12-13H2,1H3,(H,22,25);3-9H,1-2H3;5-10H,3-4H2,1-2H3,(H,17,18). The fraction of sp³-hybridized carbons (Fsp3) is 0.208. The monoisotopic (exact) mass is 1300 g/mol. The second kappa shape index (κ2) is 34.0. The predicted molar refractivity (Wildman–Crippen MR) is 360 cm³/mol. The molecule has 21 heteroatoms. The topological polar surface area (TPSA) is 254 Å². The smallest absolute Gasteiger partial charge is 0.343 e. The molecule has 0 bridgehead atoms. The lowest BCUT2D eigenvalue weighted by molar-refractivity contribution is 0.0527. The first-order chi connectivity index (χ1) is 44.8. The number of ketones is 1. The van der Waals surface area contributed by atoms with E-state index in [1.54, 1.807) is 139 Å². The van der Waals surface area contributed by atoms with Gasteiger partial charge in [0.05, 0.1) is 46.6 Å². The normalized spacial score (nSPS) is 10.5. The summed E-state index contributed by atoms with van der Waals surface area (Å²) in [6.07, 6.45) is 4.86. The van der Waals surface area contributed by atoms with Crippen molar-refractivity contribution in [2.45, 2.75) is 93.4 Å². The Morgan fingerprint density at radius 1 is 0.613 bits per heavy atom. The molecular weight excluding hydrogens is 1230 g/mol. The van der Waals surface area contributed by atoms with Crippen molar-refractivity contribution in [2.24, 2.45) is 0 Å². The van der Waals surface area contributed by atoms with E-state index in [1.165, 1.54) is 41.0 Å². The van der Waals surface area contributed by atoms with E-state index in [2.05, 4.69) is 20.9 Å². The Morgan fingerprint density at radius 2 is 1.19 bits per heavy atom. The van der Waals surface area contributed by atoms with Crippen molar-refractivity contribution in [2.75, 3.05) is 11.9 Å². The van der Waals surface area contributed by atoms with Gasteiger partial charge in [-0.3, -0.25) is 33.8 Å². The number of thiophene rings is 1. The number of aromatic nitrogens is 3. The molecular formula is C72H70ClFN6O12S. The highest BCUT2D eigenvalue weighted by molar-refractivity contribution is 7.16. The molecule has 10 aromatic rings. The molecule has 0 saturated carbocycles. The molecule has 480 valence electrons. The van der Waals surface area contributed by atoms with Crippen LogP contribution in [0.4, 0.5) is 9.39 Å². The van der Waals surface area contributed by atoms with Crippen LogP contribution in [-0.2, 0) is 37.3 Å². The van der Waals surface area contributed by atoms with Gasteiger partial charge in [-0.1, -0.05) is 123 Å². The van der Waals surface area contributed by atoms with Crippen LogP contribution in [-0.4, -0.2) is 66.4 Å². The third-order valence-corrected chi connectivity index (χ3v) is 15.6. The number of nitrogens with one attached hydrogen (secondary N) is 3. The second-order valence-electron chi connectivity index (χ2n) is 20.8. The van der Waals surface area contributed by atoms with Crippen LogP contribution in [0.5, 0.6) is 17.2 Å². The fourth-order valence-corrected chi connectivity index (χ4v) is 10.5. The molecule has 4 aromatic heterocycles. The summed E-state index contributed by atoms with van der Waals surface area (Å²) in [4.78, 5) is 104. The summed E-state index contributed by atoms with van der Waals surface area (Å²) in [6, 6.07) is 47.7. The zero-order chi connectivity index (χ0) is 67.1. The van der Waals surface area contributed by atoms with Crippen molar-refractivity contribution >= 4 is 85.2 Å². The maximum absolute atomic E-state index is 13.7. The predicted octanol–water partition coefficient (Wildman–Crippen LogP) is 13.8. The lowest BCUT2D eigenvalue weighted by atomic mass is 10.1. The van der Waals surface area contributed by atoms with Crippen LogP contribution in [0.15, 0.2) is 186 Å². The molecule has 18 nitrogen and oxygen atoms in total. The molecule has 0 aliphatic rings. The van der Waals surface area contributed by atoms with E-state index in [4.69, 9.17) is 21.1 Å². The third-order valence-electron chi connectivity index (χ3n) is 14.2. The molecule has 5 N–H and O–H groups in total. The van der Waals surface area contributed by atoms with Gasteiger partial charge in [0.15, 0.2) is 5.78 Å². The Labute approximate surface area is 545 Å². The average Bonchev–Trinajstić information content (AvgIpc) is 1.40. The quantitative estimate of drug-likeness (QED) is 0.0287. The van der Waals surface area contributed by atoms with Crippen molar-refractivity contribution in [3.05, 3.63) is 263 Å². The van der Waals surface area contributed by atoms with Crippen molar-refractivity contribution < 1.29 is 52.8 Å². The van der Waals surface area contributed by atoms with Crippen LogP contribution in [0.3, 0.4) is 0 Å². The first kappa shape index (κ1) is 69.9. The van der Waals surface area contributed by atoms with Crippen molar-refractivity contribution in [1.29, 1.82) is 0 Å². The van der Waals surface area contributed by atoms with Crippen LogP contribution in [0.2, 0.25) is 5.02 Å². The molecule has 0 radical (unpaired) electrons. The minimum atomic E-state index is -0.730. The molecule has 0 spiro atoms. The zero-order valence-electron chi connectivity index (χ0n) is 52.1. The minimum Gasteiger partial charge on any atom is -0.506 e. The molecule has 0 saturated heterocycles. The molecule has 0 unspecified atom stereocenters. The number of pyridine rings is 3. The van der Waals surface area contributed by atoms with Crippen LogP contribution >= 0.6 is 22.9 Å². The number of unbranched alkanes of at least 4 members (excludes halogenated alkanes) is 1. The minimum absolute atomic E-state index is 0.0784. The fourth-order valence-electron chi connectivity index (χ4n) is 9.39. The van der Waals surface area contributed by atoms with Crippen LogP contribution < -0.4 is 31.8 Å². The zero-order valence-corrected chi connectivity index (χ0v) is 53.7. The molecule has 0 fully saturated rings. The molecule has 6 aromatic carbocycles. The number of aromatic hydroxyl groups is 2. The van der Waals surface area contributed by atoms with E-state index in [9.17, 15) is 53.0 Å². The Hall–Kier alpha value is -10.6. The van der Waals surface area contributed by atoms with Gasteiger partial charge in [-0.25, -0.2) is 14.0 Å². The number of benzene rings is 6. The summed E-state index contributed by atoms with van der Waals surface area (Å²) < 4.78 is 27.0. The summed E-state index contributed by atoms with van der Waals surface area (Å²) in [5.74, 6) is -3.55. The lowest BCUT2D eigenvalue weighted by Crippen LogP contribution is -2.33. The van der Waals surface area contributed by atoms with Gasteiger partial charge in [0.25, 0.3) is 28.8 Å². The number of hydrogen-bond acceptors (Lipinski definition) is 14. The maximum atomic E-state index is 13.7. The first-order valence-electron chi connectivity index (χ1n) is 29.9. The average molecular weight is 1300 g/mol. The maximum Gasteiger partial charge on any atom is 0.343 e. The van der Waals surface area contributed by atoms with Gasteiger partial charge < -0.3 is 44.8 Å². The van der Waals surface area contributed by atoms with Gasteiger partial charge in [-0.2, -0.15) is 0 Å². The van der Waals surface area contributed by atoms with Crippen LogP contribution in [0.1, 0.15) is 138 Å². The highest BCUT2D eigenvalue weighted by atomic mass is 35.5. The van der Waals surface area contributed by atoms with Crippen molar-refractivity contribution in [1.82, 2.24) is 24.8 Å². The number of carbonyl (C=O) groups excluding carboxylic acids is 6. The number of amides is 3. The van der Waals surface area contributed by atoms with E-state index in [1.807, 2.05) is 58.0 Å². The Kier molecular flexibility index (Phi) is 25.6. The summed E-state index contributed by atoms with van der Waals surface area (Å²) in [5.41, 5.74) is 3.33. The number of fused-ring (bicyclic) bond motifs is 2. The van der Waals surface area contributed by atoms with E-state index in [0.29, 0.717) is 85.9 Å².